The van der Waals surface area contributed by atoms with Crippen molar-refractivity contribution in [2.45, 2.75) is 19.3 Å². The highest BCUT2D eigenvalue weighted by atomic mass is 32.1. The molecule has 12 heavy (non-hydrogen) atoms. The SMILES string of the molecule is COc1ncc(CCCCN)s1. The summed E-state index contributed by atoms with van der Waals surface area (Å²) in [7, 11) is 1.64. The van der Waals surface area contributed by atoms with Crippen LogP contribution >= 0.6 is 11.3 Å². The van der Waals surface area contributed by atoms with Crippen LogP contribution in [0.25, 0.3) is 0 Å². The number of thiazole rings is 1. The van der Waals surface area contributed by atoms with Crippen molar-refractivity contribution in [3.05, 3.63) is 11.1 Å². The summed E-state index contributed by atoms with van der Waals surface area (Å²) in [5.41, 5.74) is 5.39. The molecule has 4 heteroatoms. The van der Waals surface area contributed by atoms with E-state index >= 15 is 0 Å². The van der Waals surface area contributed by atoms with Crippen LogP contribution in [0.15, 0.2) is 6.20 Å². The van der Waals surface area contributed by atoms with Gasteiger partial charge in [-0.2, -0.15) is 0 Å². The Hall–Kier alpha value is -0.610. The van der Waals surface area contributed by atoms with Gasteiger partial charge in [-0.05, 0) is 25.8 Å². The lowest BCUT2D eigenvalue weighted by Crippen LogP contribution is -1.98. The molecular formula is C8H14N2OS. The Balaban J connectivity index is 2.31. The molecule has 2 N–H and O–H groups in total. The van der Waals surface area contributed by atoms with Crippen LogP contribution in [-0.4, -0.2) is 18.6 Å². The summed E-state index contributed by atoms with van der Waals surface area (Å²) in [5, 5.41) is 0.748. The van der Waals surface area contributed by atoms with Gasteiger partial charge in [0.2, 0.25) is 0 Å². The first-order chi connectivity index (χ1) is 5.86. The maximum Gasteiger partial charge on any atom is 0.273 e. The fourth-order valence-electron chi connectivity index (χ4n) is 0.943. The van der Waals surface area contributed by atoms with Gasteiger partial charge in [0.05, 0.1) is 7.11 Å². The Bertz CT molecular complexity index is 225. The van der Waals surface area contributed by atoms with Gasteiger partial charge >= 0.3 is 0 Å². The summed E-state index contributed by atoms with van der Waals surface area (Å²) < 4.78 is 4.98. The van der Waals surface area contributed by atoms with Crippen LogP contribution in [0.1, 0.15) is 17.7 Å². The van der Waals surface area contributed by atoms with E-state index in [1.54, 1.807) is 18.4 Å². The van der Waals surface area contributed by atoms with Crippen molar-refractivity contribution in [2.75, 3.05) is 13.7 Å². The fourth-order valence-corrected chi connectivity index (χ4v) is 1.71. The normalized spacial score (nSPS) is 10.2. The van der Waals surface area contributed by atoms with Crippen molar-refractivity contribution >= 4 is 11.3 Å². The third-order valence-corrected chi connectivity index (χ3v) is 2.60. The third kappa shape index (κ3) is 2.79. The van der Waals surface area contributed by atoms with Gasteiger partial charge in [0.1, 0.15) is 0 Å². The molecule has 0 unspecified atom stereocenters. The van der Waals surface area contributed by atoms with Gasteiger partial charge in [-0.3, -0.25) is 0 Å². The maximum absolute atomic E-state index is 5.39. The van der Waals surface area contributed by atoms with E-state index in [-0.39, 0.29) is 0 Å². The second-order valence-electron chi connectivity index (χ2n) is 2.54. The van der Waals surface area contributed by atoms with E-state index in [0.29, 0.717) is 0 Å². The van der Waals surface area contributed by atoms with Crippen LogP contribution in [0.3, 0.4) is 0 Å². The van der Waals surface area contributed by atoms with E-state index in [0.717, 1.165) is 31.0 Å². The van der Waals surface area contributed by atoms with E-state index in [1.807, 2.05) is 6.20 Å². The van der Waals surface area contributed by atoms with Gasteiger partial charge in [0, 0.05) is 11.1 Å². The molecule has 1 heterocycles. The van der Waals surface area contributed by atoms with E-state index in [2.05, 4.69) is 4.98 Å². The molecule has 3 nitrogen and oxygen atoms in total. The molecule has 0 aliphatic rings. The zero-order valence-electron chi connectivity index (χ0n) is 7.25. The van der Waals surface area contributed by atoms with E-state index < -0.39 is 0 Å². The van der Waals surface area contributed by atoms with E-state index in [9.17, 15) is 0 Å². The lowest BCUT2D eigenvalue weighted by Gasteiger charge is -1.93. The van der Waals surface area contributed by atoms with Crippen molar-refractivity contribution in [2.24, 2.45) is 5.73 Å². The van der Waals surface area contributed by atoms with E-state index in [1.165, 1.54) is 4.88 Å². The number of aryl methyl sites for hydroxylation is 1. The molecule has 0 aliphatic carbocycles. The molecule has 1 aromatic heterocycles. The van der Waals surface area contributed by atoms with Crippen LogP contribution in [0, 0.1) is 0 Å². The van der Waals surface area contributed by atoms with Gasteiger partial charge in [0.15, 0.2) is 0 Å². The minimum atomic E-state index is 0.748. The molecule has 0 radical (unpaired) electrons. The quantitative estimate of drug-likeness (QED) is 0.708. The molecule has 0 aliphatic heterocycles. The highest BCUT2D eigenvalue weighted by Gasteiger charge is 2.00. The monoisotopic (exact) mass is 186 g/mol. The average molecular weight is 186 g/mol. The summed E-state index contributed by atoms with van der Waals surface area (Å²) in [6, 6.07) is 0. The van der Waals surface area contributed by atoms with E-state index in [4.69, 9.17) is 10.5 Å². The Kier molecular flexibility index (Phi) is 4.04. The van der Waals surface area contributed by atoms with Gasteiger partial charge in [0.25, 0.3) is 5.19 Å². The van der Waals surface area contributed by atoms with Gasteiger partial charge < -0.3 is 10.5 Å². The Morgan fingerprint density at radius 2 is 2.42 bits per heavy atom. The Labute approximate surface area is 76.6 Å². The second kappa shape index (κ2) is 5.11. The Morgan fingerprint density at radius 3 is 3.00 bits per heavy atom. The lowest BCUT2D eigenvalue weighted by atomic mass is 10.2. The van der Waals surface area contributed by atoms with Crippen LogP contribution in [0.2, 0.25) is 0 Å². The van der Waals surface area contributed by atoms with Crippen LogP contribution in [-0.2, 0) is 6.42 Å². The van der Waals surface area contributed by atoms with Crippen molar-refractivity contribution in [1.82, 2.24) is 4.98 Å². The van der Waals surface area contributed by atoms with Gasteiger partial charge in [-0.15, -0.1) is 0 Å². The molecule has 0 spiro atoms. The summed E-state index contributed by atoms with van der Waals surface area (Å²) in [4.78, 5) is 5.36. The largest absolute Gasteiger partial charge is 0.473 e. The molecule has 0 fully saturated rings. The third-order valence-electron chi connectivity index (χ3n) is 1.58. The van der Waals surface area contributed by atoms with Crippen molar-refractivity contribution < 1.29 is 4.74 Å². The second-order valence-corrected chi connectivity index (χ2v) is 3.62. The predicted molar refractivity (Wildman–Crippen MR) is 50.7 cm³/mol. The smallest absolute Gasteiger partial charge is 0.273 e. The van der Waals surface area contributed by atoms with Crippen LogP contribution < -0.4 is 10.5 Å². The molecule has 0 bridgehead atoms. The maximum atomic E-state index is 5.39. The average Bonchev–Trinajstić information content (AvgIpc) is 2.53. The number of rotatable bonds is 5. The molecule has 0 amide bonds. The molecule has 0 atom stereocenters. The summed E-state index contributed by atoms with van der Waals surface area (Å²) in [6.45, 7) is 0.774. The topological polar surface area (TPSA) is 48.1 Å². The number of ether oxygens (including phenoxy) is 1. The first-order valence-electron chi connectivity index (χ1n) is 4.05. The highest BCUT2D eigenvalue weighted by molar-refractivity contribution is 7.13. The zero-order valence-corrected chi connectivity index (χ0v) is 8.06. The first kappa shape index (κ1) is 9.48. The first-order valence-corrected chi connectivity index (χ1v) is 4.87. The van der Waals surface area contributed by atoms with Crippen molar-refractivity contribution in [3.8, 4) is 5.19 Å². The number of nitrogens with zero attached hydrogens (tertiary/aromatic N) is 1. The molecule has 0 saturated carbocycles. The highest BCUT2D eigenvalue weighted by Crippen LogP contribution is 2.21. The lowest BCUT2D eigenvalue weighted by molar-refractivity contribution is 0.412. The number of methoxy groups -OCH3 is 1. The van der Waals surface area contributed by atoms with Crippen LogP contribution in [0.5, 0.6) is 5.19 Å². The summed E-state index contributed by atoms with van der Waals surface area (Å²) in [5.74, 6) is 0. The molecule has 1 aromatic rings. The number of hydrogen-bond acceptors (Lipinski definition) is 4. The summed E-state index contributed by atoms with van der Waals surface area (Å²) in [6.07, 6.45) is 5.17. The van der Waals surface area contributed by atoms with Crippen molar-refractivity contribution in [1.29, 1.82) is 0 Å². The number of unbranched alkanes of at least 4 members (excludes halogenated alkanes) is 1. The predicted octanol–water partition coefficient (Wildman–Crippen LogP) is 1.43. The standard InChI is InChI=1S/C8H14N2OS/c1-11-8-10-6-7(12-8)4-2-3-5-9/h6H,2-5,9H2,1H3. The molecule has 68 valence electrons. The molecule has 0 saturated heterocycles. The minimum Gasteiger partial charge on any atom is -0.473 e. The summed E-state index contributed by atoms with van der Waals surface area (Å²) >= 11 is 1.61. The zero-order chi connectivity index (χ0) is 8.81. The molecular weight excluding hydrogens is 172 g/mol. The Morgan fingerprint density at radius 1 is 1.58 bits per heavy atom. The number of aromatic nitrogens is 1. The fraction of sp³-hybridized carbons (Fsp3) is 0.625. The number of nitrogens with two attached hydrogens (primary N) is 1. The molecule has 0 aromatic carbocycles. The minimum absolute atomic E-state index is 0.748. The van der Waals surface area contributed by atoms with Crippen LogP contribution in [0.4, 0.5) is 0 Å². The van der Waals surface area contributed by atoms with Gasteiger partial charge in [-0.1, -0.05) is 11.3 Å². The number of hydrogen-bond donors (Lipinski definition) is 1. The van der Waals surface area contributed by atoms with Gasteiger partial charge in [-0.25, -0.2) is 4.98 Å². The van der Waals surface area contributed by atoms with Crippen molar-refractivity contribution in [3.63, 3.8) is 0 Å². The molecule has 1 rings (SSSR count).